The Labute approximate surface area is 114 Å². The van der Waals surface area contributed by atoms with Crippen LogP contribution in [0.25, 0.3) is 11.3 Å². The van der Waals surface area contributed by atoms with Crippen molar-refractivity contribution in [3.05, 3.63) is 35.3 Å². The van der Waals surface area contributed by atoms with Gasteiger partial charge in [-0.05, 0) is 44.5 Å². The van der Waals surface area contributed by atoms with E-state index in [1.807, 2.05) is 27.0 Å². The first kappa shape index (κ1) is 13.6. The van der Waals surface area contributed by atoms with Gasteiger partial charge in [-0.15, -0.1) is 0 Å². The van der Waals surface area contributed by atoms with Crippen LogP contribution in [-0.4, -0.2) is 16.2 Å². The van der Waals surface area contributed by atoms with E-state index in [1.54, 1.807) is 0 Å². The Hall–Kier alpha value is -1.81. The van der Waals surface area contributed by atoms with Gasteiger partial charge in [-0.25, -0.2) is 4.98 Å². The van der Waals surface area contributed by atoms with Gasteiger partial charge in [0.25, 0.3) is 0 Å². The third-order valence-electron chi connectivity index (χ3n) is 3.33. The van der Waals surface area contributed by atoms with Crippen LogP contribution in [0.4, 0.5) is 0 Å². The molecule has 0 atom stereocenters. The SMILES string of the molecule is CCOc1ccc(-c2c(CN)nc(C)n2C)cc1C. The first-order valence-corrected chi connectivity index (χ1v) is 6.54. The van der Waals surface area contributed by atoms with Crippen molar-refractivity contribution in [2.75, 3.05) is 6.61 Å². The van der Waals surface area contributed by atoms with Gasteiger partial charge in [-0.1, -0.05) is 0 Å². The van der Waals surface area contributed by atoms with Crippen LogP contribution in [0.1, 0.15) is 24.0 Å². The van der Waals surface area contributed by atoms with Crippen molar-refractivity contribution in [2.45, 2.75) is 27.3 Å². The maximum Gasteiger partial charge on any atom is 0.122 e. The Morgan fingerprint density at radius 3 is 2.63 bits per heavy atom. The molecule has 2 rings (SSSR count). The number of ether oxygens (including phenoxy) is 1. The molecule has 4 nitrogen and oxygen atoms in total. The molecule has 0 unspecified atom stereocenters. The summed E-state index contributed by atoms with van der Waals surface area (Å²) >= 11 is 0. The fourth-order valence-corrected chi connectivity index (χ4v) is 2.30. The van der Waals surface area contributed by atoms with Gasteiger partial charge in [-0.3, -0.25) is 0 Å². The number of nitrogens with two attached hydrogens (primary N) is 1. The number of hydrogen-bond donors (Lipinski definition) is 1. The summed E-state index contributed by atoms with van der Waals surface area (Å²) in [7, 11) is 2.02. The van der Waals surface area contributed by atoms with Gasteiger partial charge in [0.15, 0.2) is 0 Å². The number of rotatable bonds is 4. The lowest BCUT2D eigenvalue weighted by atomic mass is 10.1. The van der Waals surface area contributed by atoms with Crippen molar-refractivity contribution in [1.29, 1.82) is 0 Å². The van der Waals surface area contributed by atoms with Crippen molar-refractivity contribution in [3.63, 3.8) is 0 Å². The molecule has 0 aliphatic heterocycles. The molecule has 0 radical (unpaired) electrons. The molecule has 1 aromatic heterocycles. The number of hydrogen-bond acceptors (Lipinski definition) is 3. The van der Waals surface area contributed by atoms with Crippen LogP contribution in [0.15, 0.2) is 18.2 Å². The van der Waals surface area contributed by atoms with E-state index in [9.17, 15) is 0 Å². The zero-order valence-electron chi connectivity index (χ0n) is 12.0. The molecule has 102 valence electrons. The Kier molecular flexibility index (Phi) is 3.90. The molecular weight excluding hydrogens is 238 g/mol. The van der Waals surface area contributed by atoms with Crippen molar-refractivity contribution in [1.82, 2.24) is 9.55 Å². The Bertz CT molecular complexity index is 587. The number of aryl methyl sites for hydroxylation is 2. The molecule has 4 heteroatoms. The largest absolute Gasteiger partial charge is 0.494 e. The standard InChI is InChI=1S/C15H21N3O/c1-5-19-14-7-6-12(8-10(14)2)15-13(9-16)17-11(3)18(15)4/h6-8H,5,9,16H2,1-4H3. The van der Waals surface area contributed by atoms with Crippen LogP contribution in [0.2, 0.25) is 0 Å². The van der Waals surface area contributed by atoms with Crippen LogP contribution < -0.4 is 10.5 Å². The normalized spacial score (nSPS) is 10.8. The molecule has 0 aliphatic rings. The summed E-state index contributed by atoms with van der Waals surface area (Å²) < 4.78 is 7.65. The van der Waals surface area contributed by atoms with E-state index in [-0.39, 0.29) is 0 Å². The maximum atomic E-state index is 5.79. The summed E-state index contributed by atoms with van der Waals surface area (Å²) in [5, 5.41) is 0. The first-order chi connectivity index (χ1) is 9.08. The lowest BCUT2D eigenvalue weighted by molar-refractivity contribution is 0.338. The van der Waals surface area contributed by atoms with Crippen LogP contribution in [-0.2, 0) is 13.6 Å². The van der Waals surface area contributed by atoms with Gasteiger partial charge in [0.2, 0.25) is 0 Å². The monoisotopic (exact) mass is 259 g/mol. The van der Waals surface area contributed by atoms with Gasteiger partial charge in [0.1, 0.15) is 11.6 Å². The maximum absolute atomic E-state index is 5.79. The summed E-state index contributed by atoms with van der Waals surface area (Å²) in [6, 6.07) is 6.20. The highest BCUT2D eigenvalue weighted by Crippen LogP contribution is 2.28. The van der Waals surface area contributed by atoms with E-state index in [4.69, 9.17) is 10.5 Å². The van der Waals surface area contributed by atoms with Crippen molar-refractivity contribution in [2.24, 2.45) is 12.8 Å². The van der Waals surface area contributed by atoms with E-state index >= 15 is 0 Å². The third kappa shape index (κ3) is 2.49. The van der Waals surface area contributed by atoms with Gasteiger partial charge in [0, 0.05) is 19.2 Å². The lowest BCUT2D eigenvalue weighted by Gasteiger charge is -2.11. The van der Waals surface area contributed by atoms with Crippen molar-refractivity contribution >= 4 is 0 Å². The van der Waals surface area contributed by atoms with Crippen LogP contribution in [0.5, 0.6) is 5.75 Å². The molecule has 0 fully saturated rings. The zero-order chi connectivity index (χ0) is 14.0. The molecule has 1 heterocycles. The second-order valence-electron chi connectivity index (χ2n) is 4.63. The number of benzene rings is 1. The highest BCUT2D eigenvalue weighted by Gasteiger charge is 2.14. The average Bonchev–Trinajstić information content (AvgIpc) is 2.68. The Morgan fingerprint density at radius 2 is 2.05 bits per heavy atom. The third-order valence-corrected chi connectivity index (χ3v) is 3.33. The molecule has 0 aliphatic carbocycles. The molecule has 0 bridgehead atoms. The van der Waals surface area contributed by atoms with Crippen LogP contribution >= 0.6 is 0 Å². The van der Waals surface area contributed by atoms with Crippen molar-refractivity contribution in [3.8, 4) is 17.0 Å². The minimum absolute atomic E-state index is 0.448. The van der Waals surface area contributed by atoms with E-state index in [1.165, 1.54) is 0 Å². The van der Waals surface area contributed by atoms with E-state index < -0.39 is 0 Å². The Balaban J connectivity index is 2.50. The predicted molar refractivity (Wildman–Crippen MR) is 77.2 cm³/mol. The number of nitrogens with zero attached hydrogens (tertiary/aromatic N) is 2. The second kappa shape index (κ2) is 5.45. The number of imidazole rings is 1. The molecule has 2 aromatic rings. The summed E-state index contributed by atoms with van der Waals surface area (Å²) in [5.41, 5.74) is 10.1. The molecule has 0 spiro atoms. The summed E-state index contributed by atoms with van der Waals surface area (Å²) in [4.78, 5) is 4.50. The molecule has 1 aromatic carbocycles. The van der Waals surface area contributed by atoms with E-state index in [0.29, 0.717) is 13.2 Å². The average molecular weight is 259 g/mol. The van der Waals surface area contributed by atoms with E-state index in [2.05, 4.69) is 28.6 Å². The molecule has 2 N–H and O–H groups in total. The minimum Gasteiger partial charge on any atom is -0.494 e. The molecule has 0 saturated carbocycles. The molecule has 19 heavy (non-hydrogen) atoms. The van der Waals surface area contributed by atoms with Gasteiger partial charge in [0.05, 0.1) is 18.0 Å². The topological polar surface area (TPSA) is 53.1 Å². The zero-order valence-corrected chi connectivity index (χ0v) is 12.0. The smallest absolute Gasteiger partial charge is 0.122 e. The molecular formula is C15H21N3O. The summed E-state index contributed by atoms with van der Waals surface area (Å²) in [6.45, 7) is 7.16. The van der Waals surface area contributed by atoms with Crippen molar-refractivity contribution < 1.29 is 4.74 Å². The Morgan fingerprint density at radius 1 is 1.32 bits per heavy atom. The first-order valence-electron chi connectivity index (χ1n) is 6.54. The molecule has 0 saturated heterocycles. The summed E-state index contributed by atoms with van der Waals surface area (Å²) in [5.74, 6) is 1.90. The van der Waals surface area contributed by atoms with Gasteiger partial charge >= 0.3 is 0 Å². The predicted octanol–water partition coefficient (Wildman–Crippen LogP) is 2.56. The van der Waals surface area contributed by atoms with E-state index in [0.717, 1.165) is 34.1 Å². The fraction of sp³-hybridized carbons (Fsp3) is 0.400. The highest BCUT2D eigenvalue weighted by molar-refractivity contribution is 5.65. The highest BCUT2D eigenvalue weighted by atomic mass is 16.5. The lowest BCUT2D eigenvalue weighted by Crippen LogP contribution is -2.01. The minimum atomic E-state index is 0.448. The molecule has 0 amide bonds. The van der Waals surface area contributed by atoms with Crippen LogP contribution in [0, 0.1) is 13.8 Å². The fourth-order valence-electron chi connectivity index (χ4n) is 2.30. The quantitative estimate of drug-likeness (QED) is 0.918. The second-order valence-corrected chi connectivity index (χ2v) is 4.63. The summed E-state index contributed by atoms with van der Waals surface area (Å²) in [6.07, 6.45) is 0. The van der Waals surface area contributed by atoms with Crippen LogP contribution in [0.3, 0.4) is 0 Å². The van der Waals surface area contributed by atoms with Gasteiger partial charge in [-0.2, -0.15) is 0 Å². The number of aromatic nitrogens is 2. The van der Waals surface area contributed by atoms with Gasteiger partial charge < -0.3 is 15.0 Å².